The lowest BCUT2D eigenvalue weighted by Gasteiger charge is -2.31. The molecule has 0 aromatic heterocycles. The van der Waals surface area contributed by atoms with Crippen LogP contribution in [0.25, 0.3) is 0 Å². The lowest BCUT2D eigenvalue weighted by Crippen LogP contribution is -2.48. The van der Waals surface area contributed by atoms with Gasteiger partial charge in [-0.25, -0.2) is 0 Å². The zero-order valence-corrected chi connectivity index (χ0v) is 12.1. The minimum Gasteiger partial charge on any atom is -0.380 e. The highest BCUT2D eigenvalue weighted by molar-refractivity contribution is 5.92. The van der Waals surface area contributed by atoms with Crippen LogP contribution in [0.2, 0.25) is 0 Å². The summed E-state index contributed by atoms with van der Waals surface area (Å²) < 4.78 is 5.08. The molecule has 1 amide bonds. The highest BCUT2D eigenvalue weighted by Crippen LogP contribution is 2.19. The van der Waals surface area contributed by atoms with Gasteiger partial charge < -0.3 is 15.4 Å². The van der Waals surface area contributed by atoms with Crippen LogP contribution < -0.4 is 10.6 Å². The van der Waals surface area contributed by atoms with Crippen molar-refractivity contribution >= 4 is 24.0 Å². The summed E-state index contributed by atoms with van der Waals surface area (Å²) in [7, 11) is 1.66. The van der Waals surface area contributed by atoms with Gasteiger partial charge in [0.05, 0.1) is 6.61 Å². The van der Waals surface area contributed by atoms with Crippen LogP contribution in [-0.2, 0) is 16.1 Å². The number of halogens is 1. The van der Waals surface area contributed by atoms with Gasteiger partial charge in [-0.1, -0.05) is 19.1 Å². The first kappa shape index (κ1) is 16.0. The number of ether oxygens (including phenoxy) is 1. The summed E-state index contributed by atoms with van der Waals surface area (Å²) in [6.07, 6.45) is 0. The molecule has 1 unspecified atom stereocenters. The smallest absolute Gasteiger partial charge is 0.227 e. The number of carbonyl (C=O) groups excluding carboxylic acids is 1. The van der Waals surface area contributed by atoms with Gasteiger partial charge in [0.1, 0.15) is 0 Å². The van der Waals surface area contributed by atoms with E-state index in [-0.39, 0.29) is 24.2 Å². The predicted octanol–water partition coefficient (Wildman–Crippen LogP) is 2.05. The molecule has 1 fully saturated rings. The topological polar surface area (TPSA) is 50.4 Å². The molecular weight excluding hydrogens is 264 g/mol. The van der Waals surface area contributed by atoms with E-state index in [0.29, 0.717) is 12.5 Å². The summed E-state index contributed by atoms with van der Waals surface area (Å²) in [5.41, 5.74) is 1.90. The van der Waals surface area contributed by atoms with Gasteiger partial charge in [-0.3, -0.25) is 4.79 Å². The number of rotatable bonds is 5. The molecule has 1 aliphatic rings. The molecule has 2 N–H and O–H groups in total. The van der Waals surface area contributed by atoms with Crippen LogP contribution in [0.1, 0.15) is 12.5 Å². The number of anilines is 1. The van der Waals surface area contributed by atoms with Crippen molar-refractivity contribution in [1.82, 2.24) is 5.32 Å². The van der Waals surface area contributed by atoms with Crippen molar-refractivity contribution in [2.24, 2.45) is 11.8 Å². The Labute approximate surface area is 120 Å². The van der Waals surface area contributed by atoms with Gasteiger partial charge in [-0.2, -0.15) is 0 Å². The van der Waals surface area contributed by atoms with E-state index in [2.05, 4.69) is 10.6 Å². The van der Waals surface area contributed by atoms with Crippen LogP contribution in [-0.4, -0.2) is 26.1 Å². The fraction of sp³-hybridized carbons (Fsp3) is 0.500. The van der Waals surface area contributed by atoms with Crippen molar-refractivity contribution in [3.63, 3.8) is 0 Å². The second-order valence-electron chi connectivity index (χ2n) is 4.83. The Balaban J connectivity index is 0.00000180. The number of amides is 1. The zero-order chi connectivity index (χ0) is 13.0. The third-order valence-electron chi connectivity index (χ3n) is 3.44. The Morgan fingerprint density at radius 3 is 2.84 bits per heavy atom. The van der Waals surface area contributed by atoms with E-state index in [4.69, 9.17) is 4.74 Å². The van der Waals surface area contributed by atoms with E-state index >= 15 is 0 Å². The number of benzene rings is 1. The normalized spacial score (nSPS) is 16.1. The summed E-state index contributed by atoms with van der Waals surface area (Å²) in [4.78, 5) is 12.0. The van der Waals surface area contributed by atoms with E-state index in [1.54, 1.807) is 7.11 Å². The second-order valence-corrected chi connectivity index (χ2v) is 4.83. The monoisotopic (exact) mass is 284 g/mol. The molecule has 4 nitrogen and oxygen atoms in total. The third-order valence-corrected chi connectivity index (χ3v) is 3.44. The molecule has 0 bridgehead atoms. The Morgan fingerprint density at radius 1 is 1.53 bits per heavy atom. The highest BCUT2D eigenvalue weighted by atomic mass is 35.5. The number of methoxy groups -OCH3 is 1. The second kappa shape index (κ2) is 7.48. The summed E-state index contributed by atoms with van der Waals surface area (Å²) >= 11 is 0. The van der Waals surface area contributed by atoms with E-state index in [1.165, 1.54) is 0 Å². The minimum absolute atomic E-state index is 0. The lowest BCUT2D eigenvalue weighted by atomic mass is 9.88. The molecule has 0 saturated carbocycles. The van der Waals surface area contributed by atoms with Gasteiger partial charge in [-0.05, 0) is 36.7 Å². The van der Waals surface area contributed by atoms with E-state index < -0.39 is 0 Å². The third kappa shape index (κ3) is 4.20. The van der Waals surface area contributed by atoms with Crippen LogP contribution in [0.15, 0.2) is 24.3 Å². The standard InChI is InChI=1S/C14H20N2O2.ClH/c1-10(12-7-15-8-12)14(17)16-13-5-3-4-11(6-13)9-18-2;/h3-6,10,12,15H,7-9H2,1-2H3,(H,16,17);1H. The molecule has 1 aliphatic heterocycles. The average molecular weight is 285 g/mol. The molecule has 1 aromatic carbocycles. The summed E-state index contributed by atoms with van der Waals surface area (Å²) in [6, 6.07) is 7.77. The van der Waals surface area contributed by atoms with Crippen molar-refractivity contribution in [1.29, 1.82) is 0 Å². The SMILES string of the molecule is COCc1cccc(NC(=O)C(C)C2CNC2)c1.Cl. The Morgan fingerprint density at radius 2 is 2.26 bits per heavy atom. The van der Waals surface area contributed by atoms with Gasteiger partial charge in [-0.15, -0.1) is 12.4 Å². The maximum atomic E-state index is 12.0. The van der Waals surface area contributed by atoms with Gasteiger partial charge in [0.25, 0.3) is 0 Å². The van der Waals surface area contributed by atoms with Gasteiger partial charge in [0.15, 0.2) is 0 Å². The molecule has 2 rings (SSSR count). The van der Waals surface area contributed by atoms with Crippen LogP contribution in [0.4, 0.5) is 5.69 Å². The molecule has 5 heteroatoms. The van der Waals surface area contributed by atoms with Gasteiger partial charge in [0.2, 0.25) is 5.91 Å². The Kier molecular flexibility index (Phi) is 6.28. The Bertz CT molecular complexity index is 422. The zero-order valence-electron chi connectivity index (χ0n) is 11.3. The van der Waals surface area contributed by atoms with E-state index in [1.807, 2.05) is 31.2 Å². The lowest BCUT2D eigenvalue weighted by molar-refractivity contribution is -0.121. The quantitative estimate of drug-likeness (QED) is 0.870. The molecule has 0 aliphatic carbocycles. The molecule has 1 atom stereocenters. The maximum absolute atomic E-state index is 12.0. The summed E-state index contributed by atoms with van der Waals surface area (Å²) in [5.74, 6) is 0.612. The first-order chi connectivity index (χ1) is 8.70. The number of carbonyl (C=O) groups is 1. The van der Waals surface area contributed by atoms with Crippen molar-refractivity contribution in [2.45, 2.75) is 13.5 Å². The molecule has 19 heavy (non-hydrogen) atoms. The fourth-order valence-corrected chi connectivity index (χ4v) is 2.04. The van der Waals surface area contributed by atoms with E-state index in [0.717, 1.165) is 24.3 Å². The van der Waals surface area contributed by atoms with Crippen LogP contribution in [0, 0.1) is 11.8 Å². The summed E-state index contributed by atoms with van der Waals surface area (Å²) in [6.45, 7) is 4.43. The van der Waals surface area contributed by atoms with Crippen molar-refractivity contribution in [2.75, 3.05) is 25.5 Å². The molecule has 0 radical (unpaired) electrons. The molecule has 1 heterocycles. The minimum atomic E-state index is 0. The average Bonchev–Trinajstić information content (AvgIpc) is 2.27. The number of hydrogen-bond acceptors (Lipinski definition) is 3. The van der Waals surface area contributed by atoms with Gasteiger partial charge >= 0.3 is 0 Å². The van der Waals surface area contributed by atoms with Crippen molar-refractivity contribution < 1.29 is 9.53 Å². The first-order valence-corrected chi connectivity index (χ1v) is 6.30. The highest BCUT2D eigenvalue weighted by Gasteiger charge is 2.28. The fourth-order valence-electron chi connectivity index (χ4n) is 2.04. The largest absolute Gasteiger partial charge is 0.380 e. The van der Waals surface area contributed by atoms with Crippen LogP contribution in [0.3, 0.4) is 0 Å². The first-order valence-electron chi connectivity index (χ1n) is 6.30. The van der Waals surface area contributed by atoms with Crippen LogP contribution in [0.5, 0.6) is 0 Å². The Hall–Kier alpha value is -1.10. The number of hydrogen-bond donors (Lipinski definition) is 2. The number of nitrogens with one attached hydrogen (secondary N) is 2. The van der Waals surface area contributed by atoms with Crippen LogP contribution >= 0.6 is 12.4 Å². The predicted molar refractivity (Wildman–Crippen MR) is 78.6 cm³/mol. The van der Waals surface area contributed by atoms with Gasteiger partial charge in [0, 0.05) is 18.7 Å². The summed E-state index contributed by atoms with van der Waals surface area (Å²) in [5, 5.41) is 6.16. The molecule has 106 valence electrons. The molecule has 1 saturated heterocycles. The molecule has 1 aromatic rings. The van der Waals surface area contributed by atoms with Crippen molar-refractivity contribution in [3.05, 3.63) is 29.8 Å². The molecular formula is C14H21ClN2O2. The molecule has 0 spiro atoms. The van der Waals surface area contributed by atoms with E-state index in [9.17, 15) is 4.79 Å². The van der Waals surface area contributed by atoms with Crippen molar-refractivity contribution in [3.8, 4) is 0 Å². The maximum Gasteiger partial charge on any atom is 0.227 e.